The van der Waals surface area contributed by atoms with Gasteiger partial charge in [0.2, 0.25) is 0 Å². The second-order valence-electron chi connectivity index (χ2n) is 7.74. The Morgan fingerprint density at radius 1 is 1.24 bits per heavy atom. The van der Waals surface area contributed by atoms with Crippen LogP contribution in [0.25, 0.3) is 0 Å². The van der Waals surface area contributed by atoms with Crippen LogP contribution in [0.3, 0.4) is 0 Å². The van der Waals surface area contributed by atoms with Gasteiger partial charge in [0.15, 0.2) is 0 Å². The van der Waals surface area contributed by atoms with Crippen LogP contribution in [0, 0.1) is 5.41 Å². The first-order valence-electron chi connectivity index (χ1n) is 7.45. The number of carbonyl (C=O) groups excluding carboxylic acids is 1. The highest BCUT2D eigenvalue weighted by molar-refractivity contribution is 9.10. The van der Waals surface area contributed by atoms with Crippen molar-refractivity contribution in [2.75, 3.05) is 0 Å². The summed E-state index contributed by atoms with van der Waals surface area (Å²) >= 11 is 3.46. The summed E-state index contributed by atoms with van der Waals surface area (Å²) in [6, 6.07) is 8.54. The zero-order valence-corrected chi connectivity index (χ0v) is 14.4. The fourth-order valence-corrected chi connectivity index (χ4v) is 4.14. The van der Waals surface area contributed by atoms with E-state index in [4.69, 9.17) is 4.74 Å². The Bertz CT molecular complexity index is 539. The average Bonchev–Trinajstić information content (AvgIpc) is 2.25. The zero-order valence-electron chi connectivity index (χ0n) is 12.8. The van der Waals surface area contributed by atoms with Gasteiger partial charge in [-0.15, -0.1) is 0 Å². The van der Waals surface area contributed by atoms with Crippen LogP contribution in [0.15, 0.2) is 28.7 Å². The first-order chi connectivity index (χ1) is 9.69. The van der Waals surface area contributed by atoms with Crippen LogP contribution in [0.5, 0.6) is 0 Å². The fourth-order valence-electron chi connectivity index (χ4n) is 3.87. The summed E-state index contributed by atoms with van der Waals surface area (Å²) in [7, 11) is 0. The molecular weight excluding hydrogens is 330 g/mol. The summed E-state index contributed by atoms with van der Waals surface area (Å²) in [5, 5.41) is 3.07. The standard InChI is InChI=1S/C17H22BrNO2/c1-15(2,3)21-14(20)19-17-9-16(10-17,11-17)8-12-4-6-13(18)7-5-12/h4-7H,8-11H2,1-3H3,(H,19,20). The van der Waals surface area contributed by atoms with E-state index in [0.717, 1.165) is 30.2 Å². The predicted molar refractivity (Wildman–Crippen MR) is 86.2 cm³/mol. The van der Waals surface area contributed by atoms with Gasteiger partial charge in [-0.2, -0.15) is 0 Å². The van der Waals surface area contributed by atoms with Crippen molar-refractivity contribution in [3.8, 4) is 0 Å². The number of alkyl carbamates (subject to hydrolysis) is 1. The SMILES string of the molecule is CC(C)(C)OC(=O)NC12CC(Cc3ccc(Br)cc3)(C1)C2. The maximum absolute atomic E-state index is 11.9. The van der Waals surface area contributed by atoms with E-state index >= 15 is 0 Å². The van der Waals surface area contributed by atoms with Crippen LogP contribution >= 0.6 is 15.9 Å². The van der Waals surface area contributed by atoms with Gasteiger partial charge in [-0.25, -0.2) is 4.79 Å². The molecule has 0 atom stereocenters. The highest BCUT2D eigenvalue weighted by atomic mass is 79.9. The maximum atomic E-state index is 11.9. The van der Waals surface area contributed by atoms with Gasteiger partial charge < -0.3 is 10.1 Å². The molecule has 3 nitrogen and oxygen atoms in total. The second-order valence-corrected chi connectivity index (χ2v) is 8.66. The molecule has 3 saturated carbocycles. The molecule has 1 aromatic carbocycles. The van der Waals surface area contributed by atoms with Gasteiger partial charge in [-0.1, -0.05) is 28.1 Å². The van der Waals surface area contributed by atoms with Crippen LogP contribution in [-0.2, 0) is 11.2 Å². The third kappa shape index (κ3) is 3.10. The van der Waals surface area contributed by atoms with Crippen molar-refractivity contribution in [2.24, 2.45) is 5.41 Å². The molecule has 21 heavy (non-hydrogen) atoms. The molecule has 114 valence electrons. The van der Waals surface area contributed by atoms with E-state index in [9.17, 15) is 4.79 Å². The first kappa shape index (κ1) is 14.9. The van der Waals surface area contributed by atoms with Crippen LogP contribution in [0.1, 0.15) is 45.6 Å². The Morgan fingerprint density at radius 3 is 2.33 bits per heavy atom. The highest BCUT2D eigenvalue weighted by Gasteiger charge is 2.68. The molecule has 3 aliphatic rings. The topological polar surface area (TPSA) is 38.3 Å². The molecule has 4 rings (SSSR count). The molecule has 0 unspecified atom stereocenters. The van der Waals surface area contributed by atoms with Crippen LogP contribution in [0.4, 0.5) is 4.79 Å². The number of hydrogen-bond donors (Lipinski definition) is 1. The van der Waals surface area contributed by atoms with Crippen molar-refractivity contribution < 1.29 is 9.53 Å². The minimum Gasteiger partial charge on any atom is -0.444 e. The number of hydrogen-bond acceptors (Lipinski definition) is 2. The van der Waals surface area contributed by atoms with Gasteiger partial charge in [-0.3, -0.25) is 0 Å². The smallest absolute Gasteiger partial charge is 0.408 e. The Morgan fingerprint density at radius 2 is 1.81 bits per heavy atom. The Labute approximate surface area is 134 Å². The van der Waals surface area contributed by atoms with E-state index in [0.29, 0.717) is 5.41 Å². The summed E-state index contributed by atoms with van der Waals surface area (Å²) in [5.74, 6) is 0. The molecule has 2 bridgehead atoms. The summed E-state index contributed by atoms with van der Waals surface area (Å²) in [6.45, 7) is 5.68. The van der Waals surface area contributed by atoms with E-state index < -0.39 is 5.60 Å². The van der Waals surface area contributed by atoms with Gasteiger partial charge in [0.25, 0.3) is 0 Å². The molecule has 0 heterocycles. The van der Waals surface area contributed by atoms with Crippen molar-refractivity contribution in [1.82, 2.24) is 5.32 Å². The summed E-state index contributed by atoms with van der Waals surface area (Å²) in [5.41, 5.74) is 1.37. The summed E-state index contributed by atoms with van der Waals surface area (Å²) < 4.78 is 6.46. The highest BCUT2D eigenvalue weighted by Crippen LogP contribution is 2.68. The number of benzene rings is 1. The molecular formula is C17H22BrNO2. The van der Waals surface area contributed by atoms with Crippen molar-refractivity contribution >= 4 is 22.0 Å². The van der Waals surface area contributed by atoms with Crippen molar-refractivity contribution in [1.29, 1.82) is 0 Å². The Hall–Kier alpha value is -1.03. The number of rotatable bonds is 3. The number of halogens is 1. The average molecular weight is 352 g/mol. The van der Waals surface area contributed by atoms with Crippen molar-refractivity contribution in [2.45, 2.75) is 57.6 Å². The quantitative estimate of drug-likeness (QED) is 0.873. The molecule has 0 saturated heterocycles. The first-order valence-corrected chi connectivity index (χ1v) is 8.24. The number of carbonyl (C=O) groups is 1. The van der Waals surface area contributed by atoms with Gasteiger partial charge in [0.1, 0.15) is 5.60 Å². The zero-order chi connectivity index (χ0) is 15.3. The van der Waals surface area contributed by atoms with Gasteiger partial charge >= 0.3 is 6.09 Å². The molecule has 4 heteroatoms. The van der Waals surface area contributed by atoms with E-state index in [1.165, 1.54) is 5.56 Å². The van der Waals surface area contributed by atoms with Gasteiger partial charge in [0, 0.05) is 10.0 Å². The second kappa shape index (κ2) is 4.73. The van der Waals surface area contributed by atoms with Crippen molar-refractivity contribution in [3.63, 3.8) is 0 Å². The lowest BCUT2D eigenvalue weighted by Crippen LogP contribution is -2.75. The minimum absolute atomic E-state index is 0.0116. The largest absolute Gasteiger partial charge is 0.444 e. The van der Waals surface area contributed by atoms with Crippen LogP contribution in [0.2, 0.25) is 0 Å². The lowest BCUT2D eigenvalue weighted by Gasteiger charge is -2.70. The van der Waals surface area contributed by atoms with E-state index in [2.05, 4.69) is 45.5 Å². The molecule has 0 aliphatic heterocycles. The van der Waals surface area contributed by atoms with Gasteiger partial charge in [0.05, 0.1) is 0 Å². The van der Waals surface area contributed by atoms with E-state index in [-0.39, 0.29) is 11.6 Å². The predicted octanol–water partition coefficient (Wildman–Crippen LogP) is 4.44. The summed E-state index contributed by atoms with van der Waals surface area (Å²) in [4.78, 5) is 11.9. The number of amides is 1. The maximum Gasteiger partial charge on any atom is 0.408 e. The number of ether oxygens (including phenoxy) is 1. The lowest BCUT2D eigenvalue weighted by molar-refractivity contribution is -0.150. The Balaban J connectivity index is 1.50. The normalized spacial score (nSPS) is 30.1. The minimum atomic E-state index is -0.428. The van der Waals surface area contributed by atoms with Crippen LogP contribution < -0.4 is 5.32 Å². The molecule has 0 radical (unpaired) electrons. The van der Waals surface area contributed by atoms with E-state index in [1.54, 1.807) is 0 Å². The molecule has 3 aliphatic carbocycles. The Kier molecular flexibility index (Phi) is 3.36. The summed E-state index contributed by atoms with van der Waals surface area (Å²) in [6.07, 6.45) is 4.07. The molecule has 1 amide bonds. The van der Waals surface area contributed by atoms with Crippen LogP contribution in [-0.4, -0.2) is 17.2 Å². The molecule has 1 aromatic rings. The third-order valence-corrected chi connectivity index (χ3v) is 4.93. The monoisotopic (exact) mass is 351 g/mol. The lowest BCUT2D eigenvalue weighted by atomic mass is 9.38. The third-order valence-electron chi connectivity index (χ3n) is 4.40. The molecule has 0 aromatic heterocycles. The molecule has 3 fully saturated rings. The molecule has 1 N–H and O–H groups in total. The van der Waals surface area contributed by atoms with E-state index in [1.807, 2.05) is 20.8 Å². The fraction of sp³-hybridized carbons (Fsp3) is 0.588. The molecule has 0 spiro atoms. The van der Waals surface area contributed by atoms with Gasteiger partial charge in [-0.05, 0) is 69.6 Å². The van der Waals surface area contributed by atoms with Crippen molar-refractivity contribution in [3.05, 3.63) is 34.3 Å². The number of nitrogens with one attached hydrogen (secondary N) is 1.